The number of carbonyl (C=O) groups excluding carboxylic acids is 1. The normalized spacial score (nSPS) is 16.8. The van der Waals surface area contributed by atoms with Crippen molar-refractivity contribution in [2.24, 2.45) is 0 Å². The van der Waals surface area contributed by atoms with E-state index < -0.39 is 21.7 Å². The number of aromatic nitrogens is 2. The van der Waals surface area contributed by atoms with Crippen LogP contribution in [0, 0.1) is 18.3 Å². The number of aryl methyl sites for hydroxylation is 1. The van der Waals surface area contributed by atoms with E-state index in [1.807, 2.05) is 31.7 Å². The molecule has 11 heteroatoms. The Morgan fingerprint density at radius 3 is 2.44 bits per heavy atom. The van der Waals surface area contributed by atoms with Gasteiger partial charge in [0.1, 0.15) is 17.4 Å². The fourth-order valence-electron chi connectivity index (χ4n) is 4.07. The SMILES string of the molecule is Cc1cc(C#N)nc(N2CCN(S(=O)(=O)c3ccc4c(c3)CCN4C(=O)OC(C)(C)C)CC2)n1. The van der Waals surface area contributed by atoms with Gasteiger partial charge in [-0.15, -0.1) is 0 Å². The van der Waals surface area contributed by atoms with Crippen LogP contribution in [-0.2, 0) is 21.2 Å². The van der Waals surface area contributed by atoms with Gasteiger partial charge in [0.05, 0.1) is 10.6 Å². The van der Waals surface area contributed by atoms with Gasteiger partial charge in [0.15, 0.2) is 0 Å². The molecule has 3 heterocycles. The van der Waals surface area contributed by atoms with Gasteiger partial charge in [-0.1, -0.05) is 0 Å². The standard InChI is InChI=1S/C23H28N6O4S/c1-16-13-18(15-24)26-21(25-16)27-9-11-28(12-10-27)34(31,32)19-5-6-20-17(14-19)7-8-29(20)22(30)33-23(2,3)4/h5-6,13-14H,7-12H2,1-4H3. The molecule has 0 spiro atoms. The second kappa shape index (κ2) is 8.85. The van der Waals surface area contributed by atoms with E-state index in [1.54, 1.807) is 36.1 Å². The molecule has 1 saturated heterocycles. The molecule has 1 aromatic carbocycles. The highest BCUT2D eigenvalue weighted by Gasteiger charge is 2.33. The Kier molecular flexibility index (Phi) is 6.22. The third-order valence-corrected chi connectivity index (χ3v) is 7.57. The fourth-order valence-corrected chi connectivity index (χ4v) is 5.55. The summed E-state index contributed by atoms with van der Waals surface area (Å²) < 4.78 is 33.6. The number of benzene rings is 1. The summed E-state index contributed by atoms with van der Waals surface area (Å²) in [6, 6.07) is 8.52. The second-order valence-corrected chi connectivity index (χ2v) is 11.3. The van der Waals surface area contributed by atoms with Crippen LogP contribution in [0.2, 0.25) is 0 Å². The number of nitrogens with zero attached hydrogens (tertiary/aromatic N) is 6. The molecule has 2 aliphatic heterocycles. The van der Waals surface area contributed by atoms with Gasteiger partial charge in [-0.3, -0.25) is 4.90 Å². The molecule has 180 valence electrons. The maximum atomic E-state index is 13.3. The quantitative estimate of drug-likeness (QED) is 0.652. The lowest BCUT2D eigenvalue weighted by molar-refractivity contribution is 0.0584. The van der Waals surface area contributed by atoms with E-state index in [0.717, 1.165) is 5.56 Å². The Hall–Kier alpha value is -3.23. The highest BCUT2D eigenvalue weighted by Crippen LogP contribution is 2.32. The second-order valence-electron chi connectivity index (χ2n) is 9.37. The van der Waals surface area contributed by atoms with E-state index in [1.165, 1.54) is 4.31 Å². The summed E-state index contributed by atoms with van der Waals surface area (Å²) in [5.41, 5.74) is 1.86. The number of amides is 1. The zero-order valence-electron chi connectivity index (χ0n) is 19.8. The molecule has 10 nitrogen and oxygen atoms in total. The molecule has 1 amide bonds. The first-order valence-corrected chi connectivity index (χ1v) is 12.6. The molecule has 2 aliphatic rings. The Bertz CT molecular complexity index is 1260. The molecule has 0 atom stereocenters. The molecule has 2 aromatic rings. The first kappa shape index (κ1) is 23.9. The van der Waals surface area contributed by atoms with E-state index in [0.29, 0.717) is 43.4 Å². The average molecular weight is 485 g/mol. The zero-order chi connectivity index (χ0) is 24.7. The van der Waals surface area contributed by atoms with Gasteiger partial charge in [-0.25, -0.2) is 23.2 Å². The van der Waals surface area contributed by atoms with Crippen LogP contribution in [0.3, 0.4) is 0 Å². The van der Waals surface area contributed by atoms with E-state index in [2.05, 4.69) is 9.97 Å². The average Bonchev–Trinajstić information content (AvgIpc) is 3.21. The molecule has 0 saturated carbocycles. The smallest absolute Gasteiger partial charge is 0.414 e. The van der Waals surface area contributed by atoms with Crippen molar-refractivity contribution >= 4 is 27.8 Å². The van der Waals surface area contributed by atoms with Crippen LogP contribution in [0.15, 0.2) is 29.2 Å². The van der Waals surface area contributed by atoms with Crippen LogP contribution < -0.4 is 9.80 Å². The largest absolute Gasteiger partial charge is 0.443 e. The van der Waals surface area contributed by atoms with Crippen molar-refractivity contribution in [2.75, 3.05) is 42.5 Å². The highest BCUT2D eigenvalue weighted by molar-refractivity contribution is 7.89. The number of hydrogen-bond acceptors (Lipinski definition) is 8. The van der Waals surface area contributed by atoms with Crippen molar-refractivity contribution in [3.05, 3.63) is 41.2 Å². The molecule has 0 aliphatic carbocycles. The Balaban J connectivity index is 1.47. The molecular weight excluding hydrogens is 456 g/mol. The Morgan fingerprint density at radius 2 is 1.79 bits per heavy atom. The summed E-state index contributed by atoms with van der Waals surface area (Å²) in [6.07, 6.45) is 0.133. The third-order valence-electron chi connectivity index (χ3n) is 5.68. The van der Waals surface area contributed by atoms with Crippen LogP contribution in [0.4, 0.5) is 16.4 Å². The predicted molar refractivity (Wildman–Crippen MR) is 126 cm³/mol. The number of anilines is 2. The van der Waals surface area contributed by atoms with Crippen LogP contribution >= 0.6 is 0 Å². The van der Waals surface area contributed by atoms with Gasteiger partial charge >= 0.3 is 6.09 Å². The van der Waals surface area contributed by atoms with Gasteiger partial charge in [0, 0.05) is 38.4 Å². The molecule has 0 bridgehead atoms. The topological polar surface area (TPSA) is 120 Å². The predicted octanol–water partition coefficient (Wildman–Crippen LogP) is 2.47. The van der Waals surface area contributed by atoms with Crippen LogP contribution in [-0.4, -0.2) is 67.1 Å². The first-order chi connectivity index (χ1) is 16.0. The van der Waals surface area contributed by atoms with Gasteiger partial charge in [-0.05, 0) is 63.9 Å². The van der Waals surface area contributed by atoms with Crippen LogP contribution in [0.25, 0.3) is 0 Å². The van der Waals surface area contributed by atoms with Gasteiger partial charge < -0.3 is 9.64 Å². The number of fused-ring (bicyclic) bond motifs is 1. The highest BCUT2D eigenvalue weighted by atomic mass is 32.2. The third kappa shape index (κ3) is 4.83. The van der Waals surface area contributed by atoms with Gasteiger partial charge in [0.2, 0.25) is 16.0 Å². The van der Waals surface area contributed by atoms with E-state index in [4.69, 9.17) is 10.00 Å². The molecule has 0 N–H and O–H groups in total. The zero-order valence-corrected chi connectivity index (χ0v) is 20.6. The summed E-state index contributed by atoms with van der Waals surface area (Å²) >= 11 is 0. The number of piperazine rings is 1. The molecule has 1 fully saturated rings. The minimum atomic E-state index is -3.70. The molecule has 0 unspecified atom stereocenters. The summed E-state index contributed by atoms with van der Waals surface area (Å²) in [4.78, 5) is 24.8. The van der Waals surface area contributed by atoms with Crippen molar-refractivity contribution in [3.63, 3.8) is 0 Å². The summed E-state index contributed by atoms with van der Waals surface area (Å²) in [5, 5.41) is 9.15. The fraction of sp³-hybridized carbons (Fsp3) is 0.478. The summed E-state index contributed by atoms with van der Waals surface area (Å²) in [5.74, 6) is 0.438. The lowest BCUT2D eigenvalue weighted by atomic mass is 10.2. The lowest BCUT2D eigenvalue weighted by Gasteiger charge is -2.34. The number of sulfonamides is 1. The Morgan fingerprint density at radius 1 is 1.09 bits per heavy atom. The maximum Gasteiger partial charge on any atom is 0.414 e. The summed E-state index contributed by atoms with van der Waals surface area (Å²) in [7, 11) is -3.70. The van der Waals surface area contributed by atoms with Crippen molar-refractivity contribution in [1.29, 1.82) is 5.26 Å². The number of hydrogen-bond donors (Lipinski definition) is 0. The minimum Gasteiger partial charge on any atom is -0.443 e. The van der Waals surface area contributed by atoms with Crippen molar-refractivity contribution in [2.45, 2.75) is 44.6 Å². The maximum absolute atomic E-state index is 13.3. The van der Waals surface area contributed by atoms with Gasteiger partial charge in [0.25, 0.3) is 0 Å². The van der Waals surface area contributed by atoms with Crippen molar-refractivity contribution < 1.29 is 17.9 Å². The first-order valence-electron chi connectivity index (χ1n) is 11.1. The Labute approximate surface area is 199 Å². The molecule has 4 rings (SSSR count). The lowest BCUT2D eigenvalue weighted by Crippen LogP contribution is -2.49. The number of carbonyl (C=O) groups is 1. The number of rotatable bonds is 3. The molecule has 34 heavy (non-hydrogen) atoms. The molecule has 1 aromatic heterocycles. The van der Waals surface area contributed by atoms with Gasteiger partial charge in [-0.2, -0.15) is 9.57 Å². The molecular formula is C23H28N6O4S. The minimum absolute atomic E-state index is 0.212. The number of nitriles is 1. The number of ether oxygens (including phenoxy) is 1. The van der Waals surface area contributed by atoms with Crippen LogP contribution in [0.1, 0.15) is 37.7 Å². The van der Waals surface area contributed by atoms with E-state index >= 15 is 0 Å². The van der Waals surface area contributed by atoms with Crippen molar-refractivity contribution in [1.82, 2.24) is 14.3 Å². The monoisotopic (exact) mass is 484 g/mol. The summed E-state index contributed by atoms with van der Waals surface area (Å²) in [6.45, 7) is 9.08. The van der Waals surface area contributed by atoms with Crippen LogP contribution in [0.5, 0.6) is 0 Å². The van der Waals surface area contributed by atoms with Crippen molar-refractivity contribution in [3.8, 4) is 6.07 Å². The molecule has 0 radical (unpaired) electrons. The van der Waals surface area contributed by atoms with E-state index in [9.17, 15) is 13.2 Å². The van der Waals surface area contributed by atoms with E-state index in [-0.39, 0.29) is 23.7 Å².